The average Bonchev–Trinajstić information content (AvgIpc) is 2.18. The Morgan fingerprint density at radius 3 is 1.12 bits per heavy atom. The number of hydrogen-bond donors (Lipinski definition) is 0. The summed E-state index contributed by atoms with van der Waals surface area (Å²) in [5.41, 5.74) is -4.11. The van der Waals surface area contributed by atoms with Crippen LogP contribution in [0.1, 0.15) is 0 Å². The van der Waals surface area contributed by atoms with Crippen molar-refractivity contribution < 1.29 is 27.4 Å². The summed E-state index contributed by atoms with van der Waals surface area (Å²) in [6.45, 7) is 0. The second-order valence-electron chi connectivity index (χ2n) is 2.47. The second kappa shape index (κ2) is 3.72. The Labute approximate surface area is 83.4 Å². The summed E-state index contributed by atoms with van der Waals surface area (Å²) in [6, 6.07) is 0. The Morgan fingerprint density at radius 2 is 0.938 bits per heavy atom. The van der Waals surface area contributed by atoms with E-state index in [1.807, 2.05) is 0 Å². The van der Waals surface area contributed by atoms with Crippen LogP contribution >= 0.6 is 0 Å². The van der Waals surface area contributed by atoms with Crippen LogP contribution in [0.5, 0.6) is 0 Å². The lowest BCUT2D eigenvalue weighted by Crippen LogP contribution is -2.07. The van der Waals surface area contributed by atoms with Gasteiger partial charge in [0.15, 0.2) is 0 Å². The molecule has 6 nitrogen and oxygen atoms in total. The highest BCUT2D eigenvalue weighted by Gasteiger charge is 2.40. The number of hydrogen-bond acceptors (Lipinski definition) is 4. The molecule has 1 aromatic carbocycles. The Balaban J connectivity index is 3.83. The van der Waals surface area contributed by atoms with E-state index in [2.05, 4.69) is 0 Å². The van der Waals surface area contributed by atoms with Crippen molar-refractivity contribution in [2.45, 2.75) is 0 Å². The molecule has 0 aliphatic carbocycles. The van der Waals surface area contributed by atoms with E-state index in [1.165, 1.54) is 0 Å². The van der Waals surface area contributed by atoms with E-state index in [4.69, 9.17) is 0 Å². The van der Waals surface area contributed by atoms with Crippen LogP contribution in [0, 0.1) is 43.5 Å². The summed E-state index contributed by atoms with van der Waals surface area (Å²) in [4.78, 5) is 16.9. The fourth-order valence-electron chi connectivity index (χ4n) is 0.942. The van der Waals surface area contributed by atoms with Gasteiger partial charge in [0, 0.05) is 0 Å². The van der Waals surface area contributed by atoms with Crippen molar-refractivity contribution in [3.05, 3.63) is 43.5 Å². The van der Waals surface area contributed by atoms with Crippen LogP contribution in [-0.2, 0) is 0 Å². The molecule has 0 fully saturated rings. The Hall–Kier alpha value is -2.26. The predicted molar refractivity (Wildman–Crippen MR) is 39.6 cm³/mol. The SMILES string of the molecule is O=[N+]([O-])c1c(F)c(F)c(F)c(F)c1[N+](=O)[O-]. The lowest BCUT2D eigenvalue weighted by Gasteiger charge is -2.00. The minimum absolute atomic E-state index is 1.71. The fourth-order valence-corrected chi connectivity index (χ4v) is 0.942. The molecule has 0 amide bonds. The van der Waals surface area contributed by atoms with Crippen LogP contribution in [0.3, 0.4) is 0 Å². The Kier molecular flexibility index (Phi) is 2.74. The summed E-state index contributed by atoms with van der Waals surface area (Å²) >= 11 is 0. The van der Waals surface area contributed by atoms with Crippen LogP contribution < -0.4 is 0 Å². The maximum atomic E-state index is 12.8. The third kappa shape index (κ3) is 1.53. The minimum atomic E-state index is -2.48. The molecule has 0 radical (unpaired) electrons. The molecule has 0 unspecified atom stereocenters. The molecular formula is C6F4N2O4. The lowest BCUT2D eigenvalue weighted by molar-refractivity contribution is -0.426. The van der Waals surface area contributed by atoms with Gasteiger partial charge >= 0.3 is 11.4 Å². The zero-order valence-electron chi connectivity index (χ0n) is 7.04. The quantitative estimate of drug-likeness (QED) is 0.260. The zero-order chi connectivity index (χ0) is 12.6. The standard InChI is InChI=1S/C6F4N2O4/c7-1-2(8)4(10)6(12(15)16)5(3(1)9)11(13)14. The van der Waals surface area contributed by atoms with Gasteiger partial charge in [0.25, 0.3) is 0 Å². The molecule has 0 aliphatic heterocycles. The van der Waals surface area contributed by atoms with Crippen molar-refractivity contribution in [3.63, 3.8) is 0 Å². The number of benzene rings is 1. The normalized spacial score (nSPS) is 10.2. The van der Waals surface area contributed by atoms with E-state index in [0.717, 1.165) is 0 Å². The van der Waals surface area contributed by atoms with Crippen molar-refractivity contribution in [2.75, 3.05) is 0 Å². The number of rotatable bonds is 2. The van der Waals surface area contributed by atoms with E-state index in [1.54, 1.807) is 0 Å². The molecule has 86 valence electrons. The molecule has 0 aromatic heterocycles. The van der Waals surface area contributed by atoms with Gasteiger partial charge in [-0.1, -0.05) is 0 Å². The van der Waals surface area contributed by atoms with Gasteiger partial charge in [-0.2, -0.15) is 8.78 Å². The molecule has 0 atom stereocenters. The fraction of sp³-hybridized carbons (Fsp3) is 0. The highest BCUT2D eigenvalue weighted by molar-refractivity contribution is 5.55. The molecule has 0 spiro atoms. The van der Waals surface area contributed by atoms with E-state index in [9.17, 15) is 37.8 Å². The first-order chi connectivity index (χ1) is 7.29. The number of nitro groups is 2. The molecule has 0 saturated heterocycles. The lowest BCUT2D eigenvalue weighted by atomic mass is 10.2. The molecule has 0 bridgehead atoms. The molecule has 1 rings (SSSR count). The van der Waals surface area contributed by atoms with Crippen molar-refractivity contribution >= 4 is 11.4 Å². The first kappa shape index (κ1) is 11.8. The predicted octanol–water partition coefficient (Wildman–Crippen LogP) is 2.06. The van der Waals surface area contributed by atoms with Gasteiger partial charge in [-0.3, -0.25) is 20.2 Å². The largest absolute Gasteiger partial charge is 0.387 e. The maximum Gasteiger partial charge on any atom is 0.387 e. The van der Waals surface area contributed by atoms with Gasteiger partial charge in [0.2, 0.25) is 23.3 Å². The van der Waals surface area contributed by atoms with E-state index in [0.29, 0.717) is 0 Å². The summed E-state index contributed by atoms with van der Waals surface area (Å²) in [5.74, 6) is -9.80. The highest BCUT2D eigenvalue weighted by atomic mass is 19.2. The Morgan fingerprint density at radius 1 is 0.688 bits per heavy atom. The molecule has 0 heterocycles. The second-order valence-corrected chi connectivity index (χ2v) is 2.47. The van der Waals surface area contributed by atoms with Crippen LogP contribution in [0.4, 0.5) is 28.9 Å². The minimum Gasteiger partial charge on any atom is -0.258 e. The molecule has 10 heteroatoms. The third-order valence-corrected chi connectivity index (χ3v) is 1.58. The van der Waals surface area contributed by atoms with Crippen LogP contribution in [0.2, 0.25) is 0 Å². The number of nitro benzene ring substituents is 2. The molecule has 0 aliphatic rings. The molecule has 0 saturated carbocycles. The van der Waals surface area contributed by atoms with Crippen LogP contribution in [-0.4, -0.2) is 9.85 Å². The van der Waals surface area contributed by atoms with E-state index in [-0.39, 0.29) is 0 Å². The van der Waals surface area contributed by atoms with Gasteiger partial charge in [-0.05, 0) is 0 Å². The van der Waals surface area contributed by atoms with Crippen molar-refractivity contribution in [1.82, 2.24) is 0 Å². The van der Waals surface area contributed by atoms with Crippen LogP contribution in [0.15, 0.2) is 0 Å². The van der Waals surface area contributed by atoms with E-state index < -0.39 is 44.5 Å². The molecule has 16 heavy (non-hydrogen) atoms. The highest BCUT2D eigenvalue weighted by Crippen LogP contribution is 2.35. The summed E-state index contributed by atoms with van der Waals surface area (Å²) in [7, 11) is 0. The van der Waals surface area contributed by atoms with E-state index >= 15 is 0 Å². The first-order valence-electron chi connectivity index (χ1n) is 3.43. The summed E-state index contributed by atoms with van der Waals surface area (Å²) in [5, 5.41) is 20.3. The van der Waals surface area contributed by atoms with Gasteiger partial charge in [0.05, 0.1) is 9.85 Å². The van der Waals surface area contributed by atoms with Crippen molar-refractivity contribution in [3.8, 4) is 0 Å². The van der Waals surface area contributed by atoms with Gasteiger partial charge in [-0.25, -0.2) is 8.78 Å². The van der Waals surface area contributed by atoms with Gasteiger partial charge in [-0.15, -0.1) is 0 Å². The molecule has 0 N–H and O–H groups in total. The molecular weight excluding hydrogens is 240 g/mol. The van der Waals surface area contributed by atoms with Crippen molar-refractivity contribution in [1.29, 1.82) is 0 Å². The monoisotopic (exact) mass is 240 g/mol. The average molecular weight is 240 g/mol. The Bertz CT molecular complexity index is 459. The number of nitrogens with zero attached hydrogens (tertiary/aromatic N) is 2. The third-order valence-electron chi connectivity index (χ3n) is 1.58. The topological polar surface area (TPSA) is 86.3 Å². The maximum absolute atomic E-state index is 12.8. The van der Waals surface area contributed by atoms with Gasteiger partial charge < -0.3 is 0 Å². The van der Waals surface area contributed by atoms with Gasteiger partial charge in [0.1, 0.15) is 0 Å². The van der Waals surface area contributed by atoms with Crippen LogP contribution in [0.25, 0.3) is 0 Å². The first-order valence-corrected chi connectivity index (χ1v) is 3.43. The van der Waals surface area contributed by atoms with Crippen molar-refractivity contribution in [2.24, 2.45) is 0 Å². The smallest absolute Gasteiger partial charge is 0.258 e. The summed E-state index contributed by atoms with van der Waals surface area (Å²) < 4.78 is 50.7. The molecule has 1 aromatic rings. The number of halogens is 4. The summed E-state index contributed by atoms with van der Waals surface area (Å²) in [6.07, 6.45) is 0. The zero-order valence-corrected chi connectivity index (χ0v) is 7.04.